The molecule has 0 unspecified atom stereocenters. The van der Waals surface area contributed by atoms with Crippen LogP contribution in [0.3, 0.4) is 0 Å². The Balaban J connectivity index is 2.05. The largest absolute Gasteiger partial charge is 0.507 e. The van der Waals surface area contributed by atoms with E-state index in [0.29, 0.717) is 22.3 Å². The van der Waals surface area contributed by atoms with E-state index in [0.717, 1.165) is 5.56 Å². The molecule has 0 aliphatic heterocycles. The summed E-state index contributed by atoms with van der Waals surface area (Å²) in [4.78, 5) is 21.1. The Morgan fingerprint density at radius 3 is 1.19 bits per heavy atom. The molecule has 0 bridgehead atoms. The van der Waals surface area contributed by atoms with Gasteiger partial charge in [-0.1, -0.05) is 29.8 Å². The minimum absolute atomic E-state index is 0.0365. The van der Waals surface area contributed by atoms with E-state index in [1.807, 2.05) is 0 Å². The van der Waals surface area contributed by atoms with Gasteiger partial charge in [-0.2, -0.15) is 0 Å². The van der Waals surface area contributed by atoms with Gasteiger partial charge >= 0.3 is 11.4 Å². The van der Waals surface area contributed by atoms with Gasteiger partial charge in [-0.15, -0.1) is 0 Å². The Labute approximate surface area is 183 Å². The summed E-state index contributed by atoms with van der Waals surface area (Å²) in [5.41, 5.74) is 2.57. The van der Waals surface area contributed by atoms with Gasteiger partial charge < -0.3 is 15.3 Å². The average Bonchev–Trinajstić information content (AvgIpc) is 2.69. The van der Waals surface area contributed by atoms with Crippen molar-refractivity contribution in [3.63, 3.8) is 0 Å². The van der Waals surface area contributed by atoms with Crippen LogP contribution in [0.5, 0.6) is 17.2 Å². The van der Waals surface area contributed by atoms with Gasteiger partial charge in [0.15, 0.2) is 11.5 Å². The van der Waals surface area contributed by atoms with Crippen molar-refractivity contribution in [3.05, 3.63) is 95.6 Å². The topological polar surface area (TPSA) is 147 Å². The molecule has 3 N–H and O–H groups in total. The molecule has 0 aromatic heterocycles. The summed E-state index contributed by atoms with van der Waals surface area (Å²) in [5, 5.41) is 54.0. The van der Waals surface area contributed by atoms with Crippen LogP contribution in [0.4, 0.5) is 11.4 Å². The van der Waals surface area contributed by atoms with Crippen LogP contribution < -0.4 is 0 Å². The molecule has 0 heterocycles. The van der Waals surface area contributed by atoms with E-state index < -0.39 is 32.7 Å². The normalized spacial score (nSPS) is 10.8. The highest BCUT2D eigenvalue weighted by Gasteiger charge is 2.22. The Morgan fingerprint density at radius 2 is 0.875 bits per heavy atom. The summed E-state index contributed by atoms with van der Waals surface area (Å²) in [6.07, 6.45) is 0.0730. The van der Waals surface area contributed by atoms with Gasteiger partial charge in [-0.05, 0) is 43.0 Å². The monoisotopic (exact) mass is 438 g/mol. The highest BCUT2D eigenvalue weighted by Crippen LogP contribution is 2.38. The van der Waals surface area contributed by atoms with E-state index in [1.54, 1.807) is 45.0 Å². The summed E-state index contributed by atoms with van der Waals surface area (Å²) >= 11 is 0. The first-order valence-electron chi connectivity index (χ1n) is 9.73. The van der Waals surface area contributed by atoms with Gasteiger partial charge in [0, 0.05) is 36.1 Å². The van der Waals surface area contributed by atoms with E-state index in [4.69, 9.17) is 0 Å². The van der Waals surface area contributed by atoms with Gasteiger partial charge in [-0.25, -0.2) is 0 Å². The maximum absolute atomic E-state index is 11.2. The molecule has 0 aliphatic carbocycles. The number of hydrogen-bond donors (Lipinski definition) is 3. The first-order valence-corrected chi connectivity index (χ1v) is 9.73. The minimum Gasteiger partial charge on any atom is -0.507 e. The predicted molar refractivity (Wildman–Crippen MR) is 117 cm³/mol. The second kappa shape index (κ2) is 8.54. The molecule has 0 atom stereocenters. The smallest absolute Gasteiger partial charge is 0.311 e. The molecular formula is C23H22N2O7. The van der Waals surface area contributed by atoms with Gasteiger partial charge in [0.1, 0.15) is 5.75 Å². The molecular weight excluding hydrogens is 416 g/mol. The zero-order chi connectivity index (χ0) is 23.7. The first-order chi connectivity index (χ1) is 15.0. The maximum Gasteiger partial charge on any atom is 0.311 e. The molecule has 0 amide bonds. The number of nitro benzene ring substituents is 2. The molecule has 0 saturated carbocycles. The lowest BCUT2D eigenvalue weighted by Crippen LogP contribution is -2.00. The number of rotatable bonds is 6. The van der Waals surface area contributed by atoms with Crippen LogP contribution in [0.15, 0.2) is 36.4 Å². The highest BCUT2D eigenvalue weighted by molar-refractivity contribution is 5.58. The van der Waals surface area contributed by atoms with E-state index >= 15 is 0 Å². The summed E-state index contributed by atoms with van der Waals surface area (Å²) < 4.78 is 0. The van der Waals surface area contributed by atoms with Crippen molar-refractivity contribution in [2.75, 3.05) is 0 Å². The van der Waals surface area contributed by atoms with Crippen molar-refractivity contribution in [2.24, 2.45) is 0 Å². The Kier molecular flexibility index (Phi) is 6.02. The number of nitro groups is 2. The third-order valence-corrected chi connectivity index (χ3v) is 5.19. The maximum atomic E-state index is 11.2. The van der Waals surface area contributed by atoms with Crippen molar-refractivity contribution in [2.45, 2.75) is 33.6 Å². The van der Waals surface area contributed by atoms with Crippen LogP contribution in [-0.4, -0.2) is 25.2 Å². The lowest BCUT2D eigenvalue weighted by atomic mass is 9.93. The van der Waals surface area contributed by atoms with Crippen LogP contribution in [0, 0.1) is 41.0 Å². The second-order valence-electron chi connectivity index (χ2n) is 7.88. The van der Waals surface area contributed by atoms with Crippen LogP contribution in [-0.2, 0) is 12.8 Å². The van der Waals surface area contributed by atoms with Crippen molar-refractivity contribution in [1.29, 1.82) is 0 Å². The van der Waals surface area contributed by atoms with Crippen molar-refractivity contribution < 1.29 is 25.2 Å². The summed E-state index contributed by atoms with van der Waals surface area (Å²) in [5.74, 6) is -1.03. The van der Waals surface area contributed by atoms with Crippen LogP contribution in [0.25, 0.3) is 0 Å². The van der Waals surface area contributed by atoms with Gasteiger partial charge in [-0.3, -0.25) is 20.2 Å². The predicted octanol–water partition coefficient (Wildman–Crippen LogP) is 4.73. The fourth-order valence-corrected chi connectivity index (χ4v) is 3.83. The van der Waals surface area contributed by atoms with Crippen molar-refractivity contribution in [3.8, 4) is 17.2 Å². The molecule has 3 aromatic carbocycles. The van der Waals surface area contributed by atoms with Crippen molar-refractivity contribution in [1.82, 2.24) is 0 Å². The van der Waals surface area contributed by atoms with Crippen LogP contribution in [0.1, 0.15) is 38.9 Å². The standard InChI is InChI=1S/C23H22N2O7/c1-12-4-15(10-17-6-13(2)8-19(22(17)27)24(29)30)21(26)16(5-12)11-18-7-14(3)9-20(23(18)28)25(31)32/h4-9,26-28H,10-11H2,1-3H3. The Hall–Kier alpha value is -4.14. The summed E-state index contributed by atoms with van der Waals surface area (Å²) in [7, 11) is 0. The number of phenols is 3. The molecule has 3 aromatic rings. The molecule has 0 saturated heterocycles. The minimum atomic E-state index is -0.666. The zero-order valence-corrected chi connectivity index (χ0v) is 17.7. The lowest BCUT2D eigenvalue weighted by molar-refractivity contribution is -0.386. The molecule has 166 valence electrons. The Bertz CT molecular complexity index is 1160. The molecule has 9 heteroatoms. The van der Waals surface area contributed by atoms with Crippen LogP contribution in [0.2, 0.25) is 0 Å². The molecule has 0 radical (unpaired) electrons. The van der Waals surface area contributed by atoms with E-state index in [1.165, 1.54) is 12.1 Å². The fraction of sp³-hybridized carbons (Fsp3) is 0.217. The number of hydrogen-bond acceptors (Lipinski definition) is 7. The quantitative estimate of drug-likeness (QED) is 0.372. The molecule has 32 heavy (non-hydrogen) atoms. The second-order valence-corrected chi connectivity index (χ2v) is 7.88. The lowest BCUT2D eigenvalue weighted by Gasteiger charge is -2.14. The number of nitrogens with zero attached hydrogens (tertiary/aromatic N) is 2. The number of benzene rings is 3. The van der Waals surface area contributed by atoms with Crippen molar-refractivity contribution >= 4 is 11.4 Å². The zero-order valence-electron chi connectivity index (χ0n) is 17.7. The number of aryl methyl sites for hydroxylation is 3. The van der Waals surface area contributed by atoms with E-state index in [2.05, 4.69) is 0 Å². The van der Waals surface area contributed by atoms with Gasteiger partial charge in [0.05, 0.1) is 9.85 Å². The fourth-order valence-electron chi connectivity index (χ4n) is 3.83. The van der Waals surface area contributed by atoms with Gasteiger partial charge in [0.2, 0.25) is 0 Å². The SMILES string of the molecule is Cc1cc(Cc2cc(C)cc([N+](=O)[O-])c2O)c(O)c(Cc2cc(C)cc([N+](=O)[O-])c2O)c1. The first kappa shape index (κ1) is 22.5. The number of phenolic OH excluding ortho intramolecular Hbond substituents is 3. The molecule has 3 rings (SSSR count). The number of aromatic hydroxyl groups is 3. The Morgan fingerprint density at radius 1 is 0.594 bits per heavy atom. The summed E-state index contributed by atoms with van der Waals surface area (Å²) in [6, 6.07) is 9.16. The third kappa shape index (κ3) is 4.46. The third-order valence-electron chi connectivity index (χ3n) is 5.19. The molecule has 0 aliphatic rings. The highest BCUT2D eigenvalue weighted by atomic mass is 16.6. The molecule has 0 fully saturated rings. The van der Waals surface area contributed by atoms with Gasteiger partial charge in [0.25, 0.3) is 0 Å². The van der Waals surface area contributed by atoms with E-state index in [-0.39, 0.29) is 29.7 Å². The summed E-state index contributed by atoms with van der Waals surface area (Å²) in [6.45, 7) is 5.14. The molecule has 9 nitrogen and oxygen atoms in total. The molecule has 0 spiro atoms. The van der Waals surface area contributed by atoms with E-state index in [9.17, 15) is 35.5 Å². The van der Waals surface area contributed by atoms with Crippen LogP contribution >= 0.6 is 0 Å². The average molecular weight is 438 g/mol.